The minimum absolute atomic E-state index is 0.0503. The van der Waals surface area contributed by atoms with Gasteiger partial charge in [-0.25, -0.2) is 9.97 Å². The van der Waals surface area contributed by atoms with Crippen LogP contribution in [0.15, 0.2) is 41.3 Å². The van der Waals surface area contributed by atoms with Gasteiger partial charge in [-0.2, -0.15) is 0 Å². The molecule has 132 valence electrons. The van der Waals surface area contributed by atoms with E-state index >= 15 is 0 Å². The molecule has 0 saturated carbocycles. The topological polar surface area (TPSA) is 54.9 Å². The standard InChI is InChI=1S/C19H17N3OS3/c1-3-24-13-6-4-12(5-7-13)10-16(23)22-19-21-14-8-9-15-17(18(14)26-19)20-11(2)25-15/h4-9H,3,10H2,1-2H3,(H,21,22,23). The van der Waals surface area contributed by atoms with E-state index in [4.69, 9.17) is 0 Å². The van der Waals surface area contributed by atoms with E-state index in [2.05, 4.69) is 34.3 Å². The first-order valence-corrected chi connectivity index (χ1v) is 10.9. The van der Waals surface area contributed by atoms with E-state index in [9.17, 15) is 4.79 Å². The van der Waals surface area contributed by atoms with Crippen LogP contribution in [0.2, 0.25) is 0 Å². The summed E-state index contributed by atoms with van der Waals surface area (Å²) in [4.78, 5) is 22.7. The Kier molecular flexibility index (Phi) is 4.93. The Labute approximate surface area is 163 Å². The first-order valence-electron chi connectivity index (χ1n) is 8.30. The molecule has 2 aromatic carbocycles. The van der Waals surface area contributed by atoms with Gasteiger partial charge in [-0.15, -0.1) is 23.1 Å². The molecule has 26 heavy (non-hydrogen) atoms. The first-order chi connectivity index (χ1) is 12.6. The van der Waals surface area contributed by atoms with Gasteiger partial charge in [0.25, 0.3) is 0 Å². The minimum Gasteiger partial charge on any atom is -0.302 e. The predicted molar refractivity (Wildman–Crippen MR) is 113 cm³/mol. The molecule has 0 spiro atoms. The number of thiazole rings is 2. The van der Waals surface area contributed by atoms with E-state index in [1.54, 1.807) is 23.1 Å². The molecule has 4 rings (SSSR count). The van der Waals surface area contributed by atoms with Crippen LogP contribution in [0.4, 0.5) is 5.13 Å². The van der Waals surface area contributed by atoms with Gasteiger partial charge in [-0.3, -0.25) is 4.79 Å². The third-order valence-corrected chi connectivity index (χ3v) is 6.69. The highest BCUT2D eigenvalue weighted by Gasteiger charge is 2.13. The van der Waals surface area contributed by atoms with Crippen LogP contribution in [0.25, 0.3) is 20.4 Å². The smallest absolute Gasteiger partial charge is 0.230 e. The minimum atomic E-state index is -0.0503. The van der Waals surface area contributed by atoms with Crippen LogP contribution in [-0.2, 0) is 11.2 Å². The van der Waals surface area contributed by atoms with Gasteiger partial charge >= 0.3 is 0 Å². The average Bonchev–Trinajstić information content (AvgIpc) is 3.18. The number of aromatic nitrogens is 2. The second-order valence-corrected chi connectivity index (χ2v) is 9.39. The zero-order chi connectivity index (χ0) is 18.1. The van der Waals surface area contributed by atoms with Crippen molar-refractivity contribution in [3.63, 3.8) is 0 Å². The molecule has 2 aromatic heterocycles. The zero-order valence-corrected chi connectivity index (χ0v) is 16.9. The molecule has 0 unspecified atom stereocenters. The van der Waals surface area contributed by atoms with E-state index in [1.807, 2.05) is 31.2 Å². The lowest BCUT2D eigenvalue weighted by molar-refractivity contribution is -0.115. The highest BCUT2D eigenvalue weighted by Crippen LogP contribution is 2.34. The maximum absolute atomic E-state index is 12.4. The van der Waals surface area contributed by atoms with Gasteiger partial charge in [0.2, 0.25) is 5.91 Å². The van der Waals surface area contributed by atoms with E-state index < -0.39 is 0 Å². The molecule has 4 aromatic rings. The lowest BCUT2D eigenvalue weighted by Crippen LogP contribution is -2.14. The number of carbonyl (C=O) groups is 1. The number of hydrogen-bond acceptors (Lipinski definition) is 6. The van der Waals surface area contributed by atoms with Gasteiger partial charge in [-0.05, 0) is 42.5 Å². The molecular formula is C19H17N3OS3. The molecule has 0 aliphatic heterocycles. The molecule has 0 atom stereocenters. The maximum atomic E-state index is 12.4. The highest BCUT2D eigenvalue weighted by atomic mass is 32.2. The lowest BCUT2D eigenvalue weighted by Gasteiger charge is -2.03. The Morgan fingerprint density at radius 2 is 1.92 bits per heavy atom. The summed E-state index contributed by atoms with van der Waals surface area (Å²) in [5.41, 5.74) is 2.86. The van der Waals surface area contributed by atoms with Gasteiger partial charge in [0.05, 0.1) is 26.3 Å². The molecule has 0 saturated heterocycles. The fraction of sp³-hybridized carbons (Fsp3) is 0.211. The number of rotatable bonds is 5. The maximum Gasteiger partial charge on any atom is 0.230 e. The average molecular weight is 400 g/mol. The number of benzene rings is 2. The fourth-order valence-corrected chi connectivity index (χ4v) is 5.30. The molecular weight excluding hydrogens is 382 g/mol. The number of amides is 1. The fourth-order valence-electron chi connectivity index (χ4n) is 2.76. The van der Waals surface area contributed by atoms with Gasteiger partial charge in [0, 0.05) is 4.90 Å². The summed E-state index contributed by atoms with van der Waals surface area (Å²) in [5, 5.41) is 4.59. The molecule has 0 aliphatic rings. The van der Waals surface area contributed by atoms with Gasteiger partial charge in [-0.1, -0.05) is 30.4 Å². The molecule has 0 radical (unpaired) electrons. The van der Waals surface area contributed by atoms with E-state index in [1.165, 1.54) is 16.2 Å². The van der Waals surface area contributed by atoms with Crippen molar-refractivity contribution in [3.8, 4) is 0 Å². The number of carbonyl (C=O) groups excluding carboxylic acids is 1. The summed E-state index contributed by atoms with van der Waals surface area (Å²) in [5.74, 6) is 0.995. The van der Waals surface area contributed by atoms with Crippen LogP contribution >= 0.6 is 34.4 Å². The Bertz CT molecular complexity index is 1080. The van der Waals surface area contributed by atoms with Crippen molar-refractivity contribution >= 4 is 65.9 Å². The summed E-state index contributed by atoms with van der Waals surface area (Å²) in [7, 11) is 0. The van der Waals surface area contributed by atoms with Crippen molar-refractivity contribution in [1.82, 2.24) is 9.97 Å². The summed E-state index contributed by atoms with van der Waals surface area (Å²) in [6.45, 7) is 4.13. The van der Waals surface area contributed by atoms with Crippen LogP contribution in [-0.4, -0.2) is 21.6 Å². The normalized spacial score (nSPS) is 11.3. The zero-order valence-electron chi connectivity index (χ0n) is 14.4. The number of nitrogens with one attached hydrogen (secondary N) is 1. The Hall–Kier alpha value is -1.96. The van der Waals surface area contributed by atoms with Gasteiger partial charge in [0.1, 0.15) is 5.52 Å². The van der Waals surface area contributed by atoms with Crippen molar-refractivity contribution < 1.29 is 4.79 Å². The van der Waals surface area contributed by atoms with Crippen LogP contribution in [0.5, 0.6) is 0 Å². The summed E-state index contributed by atoms with van der Waals surface area (Å²) in [6, 6.07) is 12.2. The second-order valence-electron chi connectivity index (χ2n) is 5.81. The van der Waals surface area contributed by atoms with Gasteiger partial charge in [0.15, 0.2) is 5.13 Å². The van der Waals surface area contributed by atoms with Crippen LogP contribution < -0.4 is 5.32 Å². The Morgan fingerprint density at radius 3 is 2.69 bits per heavy atom. The number of fused-ring (bicyclic) bond motifs is 3. The number of thioether (sulfide) groups is 1. The molecule has 4 nitrogen and oxygen atoms in total. The van der Waals surface area contributed by atoms with Crippen LogP contribution in [0.1, 0.15) is 17.5 Å². The highest BCUT2D eigenvalue weighted by molar-refractivity contribution is 7.99. The summed E-state index contributed by atoms with van der Waals surface area (Å²) >= 11 is 4.96. The Morgan fingerprint density at radius 1 is 1.12 bits per heavy atom. The predicted octanol–water partition coefficient (Wildman–Crippen LogP) is 5.51. The summed E-state index contributed by atoms with van der Waals surface area (Å²) < 4.78 is 2.18. The van der Waals surface area contributed by atoms with Crippen molar-refractivity contribution in [1.29, 1.82) is 0 Å². The number of hydrogen-bond donors (Lipinski definition) is 1. The van der Waals surface area contributed by atoms with Crippen molar-refractivity contribution in [2.24, 2.45) is 0 Å². The molecule has 1 amide bonds. The molecule has 7 heteroatoms. The summed E-state index contributed by atoms with van der Waals surface area (Å²) in [6.07, 6.45) is 0.345. The number of anilines is 1. The SMILES string of the molecule is CCSc1ccc(CC(=O)Nc2nc3ccc4sc(C)nc4c3s2)cc1. The third kappa shape index (κ3) is 3.60. The largest absolute Gasteiger partial charge is 0.302 e. The van der Waals surface area contributed by atoms with Crippen molar-refractivity contribution in [2.45, 2.75) is 25.2 Å². The van der Waals surface area contributed by atoms with E-state index in [-0.39, 0.29) is 5.91 Å². The molecule has 0 fully saturated rings. The lowest BCUT2D eigenvalue weighted by atomic mass is 10.1. The monoisotopic (exact) mass is 399 g/mol. The Balaban J connectivity index is 1.51. The van der Waals surface area contributed by atoms with Gasteiger partial charge < -0.3 is 5.32 Å². The van der Waals surface area contributed by atoms with Crippen molar-refractivity contribution in [2.75, 3.05) is 11.1 Å². The molecule has 2 heterocycles. The molecule has 0 bridgehead atoms. The first kappa shape index (κ1) is 17.5. The van der Waals surface area contributed by atoms with Crippen LogP contribution in [0.3, 0.4) is 0 Å². The number of aryl methyl sites for hydroxylation is 1. The quantitative estimate of drug-likeness (QED) is 0.450. The molecule has 1 N–H and O–H groups in total. The third-order valence-electron chi connectivity index (χ3n) is 3.87. The van der Waals surface area contributed by atoms with Crippen molar-refractivity contribution in [3.05, 3.63) is 47.0 Å². The second kappa shape index (κ2) is 7.34. The van der Waals surface area contributed by atoms with E-state index in [0.29, 0.717) is 11.6 Å². The molecule has 0 aliphatic carbocycles. The number of nitrogens with zero attached hydrogens (tertiary/aromatic N) is 2. The van der Waals surface area contributed by atoms with Crippen LogP contribution in [0, 0.1) is 6.92 Å². The van der Waals surface area contributed by atoms with E-state index in [0.717, 1.165) is 36.8 Å².